The number of fused-ring (bicyclic) bond motifs is 5. The Bertz CT molecular complexity index is 1650. The molecule has 4 fully saturated rings. The molecule has 0 saturated carbocycles. The number of terminal acetylenes is 1. The largest absolute Gasteiger partial charge is 0.508 e. The summed E-state index contributed by atoms with van der Waals surface area (Å²) >= 11 is 1.73. The number of hydrogen-bond donors (Lipinski definition) is 2. The van der Waals surface area contributed by atoms with Gasteiger partial charge < -0.3 is 20.1 Å². The van der Waals surface area contributed by atoms with Gasteiger partial charge in [-0.05, 0) is 81.3 Å². The van der Waals surface area contributed by atoms with E-state index in [0.29, 0.717) is 18.7 Å². The third-order valence-electron chi connectivity index (χ3n) is 9.67. The van der Waals surface area contributed by atoms with Crippen molar-refractivity contribution in [1.29, 1.82) is 0 Å². The van der Waals surface area contributed by atoms with Crippen LogP contribution in [0.4, 0.5) is 5.82 Å². The van der Waals surface area contributed by atoms with Crippen LogP contribution in [0.2, 0.25) is 0 Å². The second kappa shape index (κ2) is 9.37. The Kier molecular flexibility index (Phi) is 5.74. The lowest BCUT2D eigenvalue weighted by Crippen LogP contribution is -2.51. The number of piperazine rings is 1. The molecule has 8 rings (SSSR count). The number of ether oxygens (including phenoxy) is 1. The minimum absolute atomic E-state index is 0.178. The second-order valence-corrected chi connectivity index (χ2v) is 13.2. The number of aromatic hydroxyl groups is 1. The first kappa shape index (κ1) is 24.5. The molecule has 6 heterocycles. The van der Waals surface area contributed by atoms with E-state index in [4.69, 9.17) is 16.1 Å². The average molecular weight is 551 g/mol. The molecule has 2 bridgehead atoms. The molecular formula is C33H34N4O2S. The van der Waals surface area contributed by atoms with Crippen LogP contribution in [0.3, 0.4) is 0 Å². The van der Waals surface area contributed by atoms with Crippen LogP contribution in [0.5, 0.6) is 11.6 Å². The maximum Gasteiger partial charge on any atom is 0.216 e. The van der Waals surface area contributed by atoms with Gasteiger partial charge in [0.25, 0.3) is 0 Å². The number of anilines is 1. The van der Waals surface area contributed by atoms with Crippen LogP contribution in [0.25, 0.3) is 31.3 Å². The Labute approximate surface area is 239 Å². The maximum absolute atomic E-state index is 10.6. The van der Waals surface area contributed by atoms with Crippen molar-refractivity contribution in [3.05, 3.63) is 48.0 Å². The number of nitrogens with one attached hydrogen (secondary N) is 1. The summed E-state index contributed by atoms with van der Waals surface area (Å²) in [6.45, 7) is 5.01. The predicted molar refractivity (Wildman–Crippen MR) is 163 cm³/mol. The minimum Gasteiger partial charge on any atom is -0.508 e. The highest BCUT2D eigenvalue weighted by Gasteiger charge is 2.45. The van der Waals surface area contributed by atoms with Gasteiger partial charge in [0.1, 0.15) is 18.2 Å². The summed E-state index contributed by atoms with van der Waals surface area (Å²) in [5.74, 6) is 4.84. The van der Waals surface area contributed by atoms with Crippen molar-refractivity contribution in [2.45, 2.75) is 56.1 Å². The van der Waals surface area contributed by atoms with Crippen molar-refractivity contribution in [3.63, 3.8) is 0 Å². The topological polar surface area (TPSA) is 60.9 Å². The number of benzene rings is 2. The van der Waals surface area contributed by atoms with Crippen LogP contribution in [0.15, 0.2) is 42.5 Å². The number of rotatable bonds is 5. The van der Waals surface area contributed by atoms with Crippen molar-refractivity contribution in [2.24, 2.45) is 0 Å². The first-order valence-electron chi connectivity index (χ1n) is 14.6. The first-order valence-corrected chi connectivity index (χ1v) is 15.5. The van der Waals surface area contributed by atoms with Gasteiger partial charge in [-0.3, -0.25) is 4.90 Å². The van der Waals surface area contributed by atoms with Gasteiger partial charge >= 0.3 is 0 Å². The van der Waals surface area contributed by atoms with Crippen molar-refractivity contribution >= 4 is 38.0 Å². The summed E-state index contributed by atoms with van der Waals surface area (Å²) in [7, 11) is 0. The van der Waals surface area contributed by atoms with Crippen LogP contribution in [-0.4, -0.2) is 65.4 Å². The van der Waals surface area contributed by atoms with E-state index in [9.17, 15) is 5.11 Å². The summed E-state index contributed by atoms with van der Waals surface area (Å²) < 4.78 is 7.74. The lowest BCUT2D eigenvalue weighted by Gasteiger charge is -2.34. The van der Waals surface area contributed by atoms with Crippen LogP contribution >= 0.6 is 11.3 Å². The number of aromatic nitrogens is 1. The van der Waals surface area contributed by atoms with Crippen LogP contribution in [0.1, 0.15) is 44.1 Å². The molecular weight excluding hydrogens is 516 g/mol. The minimum atomic E-state index is 0.178. The normalized spacial score (nSPS) is 23.6. The van der Waals surface area contributed by atoms with Gasteiger partial charge in [0, 0.05) is 62.7 Å². The number of phenols is 1. The number of thiophene rings is 1. The Morgan fingerprint density at radius 1 is 1.10 bits per heavy atom. The lowest BCUT2D eigenvalue weighted by atomic mass is 9.95. The van der Waals surface area contributed by atoms with Gasteiger partial charge in [-0.15, -0.1) is 17.8 Å². The van der Waals surface area contributed by atoms with Gasteiger partial charge in [-0.25, -0.2) is 0 Å². The third-order valence-corrected chi connectivity index (χ3v) is 10.8. The van der Waals surface area contributed by atoms with Crippen molar-refractivity contribution < 1.29 is 9.84 Å². The van der Waals surface area contributed by atoms with Crippen LogP contribution in [0, 0.1) is 12.3 Å². The molecule has 2 unspecified atom stereocenters. The molecule has 4 aromatic rings. The molecule has 0 aliphatic carbocycles. The third kappa shape index (κ3) is 3.96. The fraction of sp³-hybridized carbons (Fsp3) is 0.424. The van der Waals surface area contributed by atoms with Gasteiger partial charge in [-0.1, -0.05) is 18.1 Å². The lowest BCUT2D eigenvalue weighted by molar-refractivity contribution is 0.111. The van der Waals surface area contributed by atoms with Crippen molar-refractivity contribution in [2.75, 3.05) is 37.7 Å². The highest BCUT2D eigenvalue weighted by Crippen LogP contribution is 2.45. The van der Waals surface area contributed by atoms with Gasteiger partial charge in [-0.2, -0.15) is 4.98 Å². The number of hydrogen-bond acceptors (Lipinski definition) is 7. The van der Waals surface area contributed by atoms with Gasteiger partial charge in [0.2, 0.25) is 5.88 Å². The maximum atomic E-state index is 10.6. The van der Waals surface area contributed by atoms with Gasteiger partial charge in [0.15, 0.2) is 0 Å². The molecule has 7 heteroatoms. The summed E-state index contributed by atoms with van der Waals surface area (Å²) in [6.07, 6.45) is 13.3. The molecule has 2 N–H and O–H groups in total. The van der Waals surface area contributed by atoms with Crippen LogP contribution in [-0.2, 0) is 0 Å². The molecule has 2 aromatic carbocycles. The smallest absolute Gasteiger partial charge is 0.216 e. The Hall–Kier alpha value is -3.31. The predicted octanol–water partition coefficient (Wildman–Crippen LogP) is 5.75. The molecule has 0 amide bonds. The summed E-state index contributed by atoms with van der Waals surface area (Å²) in [5.41, 5.74) is 1.98. The molecule has 0 spiro atoms. The van der Waals surface area contributed by atoms with E-state index >= 15 is 0 Å². The van der Waals surface area contributed by atoms with E-state index in [1.807, 2.05) is 24.3 Å². The summed E-state index contributed by atoms with van der Waals surface area (Å²) in [5, 5.41) is 17.5. The number of pyridine rings is 1. The highest BCUT2D eigenvalue weighted by molar-refractivity contribution is 7.22. The molecule has 4 aliphatic rings. The van der Waals surface area contributed by atoms with Crippen molar-refractivity contribution in [1.82, 2.24) is 15.2 Å². The average Bonchev–Trinajstić information content (AvgIpc) is 3.73. The highest BCUT2D eigenvalue weighted by atomic mass is 32.1. The molecule has 2 atom stereocenters. The molecule has 2 aromatic heterocycles. The zero-order valence-corrected chi connectivity index (χ0v) is 23.5. The van der Waals surface area contributed by atoms with E-state index in [1.165, 1.54) is 51.6 Å². The summed E-state index contributed by atoms with van der Waals surface area (Å²) in [4.78, 5) is 11.4. The fourth-order valence-corrected chi connectivity index (χ4v) is 8.91. The SMILES string of the molecule is C#Cc1cccc2cc(O)cc(-c3cc4c(N5CC6CCC(C5)N6)nc(OCC56CCCN5CCC6)cc4s3)c12. The molecule has 0 radical (unpaired) electrons. The van der Waals surface area contributed by atoms with E-state index in [2.05, 4.69) is 33.2 Å². The number of phenolic OH excluding ortho intramolecular Hbond substituents is 1. The van der Waals surface area contributed by atoms with Gasteiger partial charge in [0.05, 0.1) is 5.54 Å². The first-order chi connectivity index (χ1) is 19.6. The monoisotopic (exact) mass is 550 g/mol. The Morgan fingerprint density at radius 3 is 2.67 bits per heavy atom. The zero-order chi connectivity index (χ0) is 26.8. The van der Waals surface area contributed by atoms with E-state index in [0.717, 1.165) is 61.7 Å². The quantitative estimate of drug-likeness (QED) is 0.309. The molecule has 6 nitrogen and oxygen atoms in total. The zero-order valence-electron chi connectivity index (χ0n) is 22.7. The van der Waals surface area contributed by atoms with E-state index in [-0.39, 0.29) is 11.3 Å². The summed E-state index contributed by atoms with van der Waals surface area (Å²) in [6, 6.07) is 15.0. The second-order valence-electron chi connectivity index (χ2n) is 12.1. The fourth-order valence-electron chi connectivity index (χ4n) is 7.81. The number of nitrogens with zero attached hydrogens (tertiary/aromatic N) is 3. The molecule has 4 aliphatic heterocycles. The van der Waals surface area contributed by atoms with E-state index < -0.39 is 0 Å². The van der Waals surface area contributed by atoms with Crippen LogP contribution < -0.4 is 15.0 Å². The molecule has 204 valence electrons. The van der Waals surface area contributed by atoms with Crippen molar-refractivity contribution in [3.8, 4) is 34.4 Å². The Balaban J connectivity index is 1.24. The standard InChI is InChI=1S/C33H34N4O2S/c1-2-21-6-3-7-22-14-25(38)15-26(31(21)22)28-16-27-29(40-28)17-30(39-20-33-10-4-12-37(33)13-5-11-33)35-32(27)36-18-23-8-9-24(19-36)34-23/h1,3,6-7,14-17,23-24,34,38H,4-5,8-13,18-20H2. The molecule has 40 heavy (non-hydrogen) atoms. The molecule has 4 saturated heterocycles. The Morgan fingerprint density at radius 2 is 1.90 bits per heavy atom. The van der Waals surface area contributed by atoms with E-state index in [1.54, 1.807) is 17.4 Å².